The van der Waals surface area contributed by atoms with Crippen LogP contribution in [0.5, 0.6) is 0 Å². The molecule has 1 aromatic heterocycles. The number of hydrogen-bond acceptors (Lipinski definition) is 1. The lowest BCUT2D eigenvalue weighted by molar-refractivity contribution is 0.667. The van der Waals surface area contributed by atoms with Crippen molar-refractivity contribution in [1.82, 2.24) is 0 Å². The molecule has 0 bridgehead atoms. The van der Waals surface area contributed by atoms with Crippen molar-refractivity contribution in [3.63, 3.8) is 0 Å². The molecular formula is C20H20S. The maximum Gasteiger partial charge on any atom is 0.0250 e. The monoisotopic (exact) mass is 292 g/mol. The van der Waals surface area contributed by atoms with Gasteiger partial charge in [-0.15, -0.1) is 11.3 Å². The summed E-state index contributed by atoms with van der Waals surface area (Å²) in [5.41, 5.74) is 2.80. The zero-order valence-electron chi connectivity index (χ0n) is 12.5. The number of benzene rings is 2. The second-order valence-electron chi connectivity index (χ2n) is 5.54. The first kappa shape index (κ1) is 14.1. The van der Waals surface area contributed by atoms with Crippen LogP contribution >= 0.6 is 11.3 Å². The van der Waals surface area contributed by atoms with E-state index in [4.69, 9.17) is 0 Å². The molecule has 1 heteroatoms. The third-order valence-corrected chi connectivity index (χ3v) is 5.14. The average molecular weight is 292 g/mol. The van der Waals surface area contributed by atoms with Crippen molar-refractivity contribution in [3.8, 4) is 0 Å². The predicted octanol–water partition coefficient (Wildman–Crippen LogP) is 5.99. The van der Waals surface area contributed by atoms with Crippen LogP contribution in [0.4, 0.5) is 0 Å². The summed E-state index contributed by atoms with van der Waals surface area (Å²) >= 11 is 1.91. The van der Waals surface area contributed by atoms with E-state index in [-0.39, 0.29) is 0 Å². The fraction of sp³-hybridized carbons (Fsp3) is 0.200. The van der Waals surface area contributed by atoms with Crippen molar-refractivity contribution in [3.05, 3.63) is 93.7 Å². The second-order valence-corrected chi connectivity index (χ2v) is 6.86. The minimum Gasteiger partial charge on any atom is -0.145 e. The van der Waals surface area contributed by atoms with Gasteiger partial charge < -0.3 is 0 Å². The van der Waals surface area contributed by atoms with E-state index in [1.54, 1.807) is 0 Å². The molecule has 0 radical (unpaired) electrons. The van der Waals surface area contributed by atoms with Gasteiger partial charge in [0.2, 0.25) is 0 Å². The molecule has 3 aromatic rings. The van der Waals surface area contributed by atoms with Crippen LogP contribution in [-0.4, -0.2) is 0 Å². The Morgan fingerprint density at radius 3 is 1.81 bits per heavy atom. The summed E-state index contributed by atoms with van der Waals surface area (Å²) in [7, 11) is 0. The van der Waals surface area contributed by atoms with Crippen LogP contribution in [0, 0.1) is 6.92 Å². The van der Waals surface area contributed by atoms with E-state index < -0.39 is 0 Å². The third kappa shape index (κ3) is 3.08. The van der Waals surface area contributed by atoms with E-state index in [0.717, 1.165) is 0 Å². The molecule has 0 unspecified atom stereocenters. The van der Waals surface area contributed by atoms with Gasteiger partial charge in [-0.1, -0.05) is 67.6 Å². The summed E-state index contributed by atoms with van der Waals surface area (Å²) in [6.07, 6.45) is 0. The largest absolute Gasteiger partial charge is 0.145 e. The number of thiophene rings is 1. The van der Waals surface area contributed by atoms with Gasteiger partial charge in [-0.25, -0.2) is 0 Å². The van der Waals surface area contributed by atoms with Crippen LogP contribution in [0.1, 0.15) is 39.6 Å². The molecule has 0 aliphatic rings. The Morgan fingerprint density at radius 2 is 1.29 bits per heavy atom. The molecule has 0 saturated heterocycles. The van der Waals surface area contributed by atoms with Crippen molar-refractivity contribution < 1.29 is 0 Å². The molecule has 2 aromatic carbocycles. The highest BCUT2D eigenvalue weighted by Crippen LogP contribution is 2.40. The van der Waals surface area contributed by atoms with Crippen molar-refractivity contribution in [2.75, 3.05) is 0 Å². The Labute approximate surface area is 131 Å². The standard InChI is InChI=1S/C20H20S/c1-15-13-14-19(21-15)20(18-11-7-4-8-12-18)16(2)17-9-5-3-6-10-17/h3-14,16,20H,1-2H3/t16-,20-/m0/s1. The van der Waals surface area contributed by atoms with E-state index in [1.165, 1.54) is 20.9 Å². The SMILES string of the molecule is Cc1ccc([C@H](c2ccccc2)[C@@H](C)c2ccccc2)s1. The Kier molecular flexibility index (Phi) is 4.21. The lowest BCUT2D eigenvalue weighted by Gasteiger charge is -2.24. The van der Waals surface area contributed by atoms with Crippen molar-refractivity contribution >= 4 is 11.3 Å². The maximum atomic E-state index is 2.34. The van der Waals surface area contributed by atoms with Gasteiger partial charge in [0.15, 0.2) is 0 Å². The normalized spacial score (nSPS) is 13.8. The third-order valence-electron chi connectivity index (χ3n) is 4.05. The Bertz CT molecular complexity index is 682. The lowest BCUT2D eigenvalue weighted by atomic mass is 9.82. The van der Waals surface area contributed by atoms with E-state index in [1.807, 2.05) is 11.3 Å². The van der Waals surface area contributed by atoms with Crippen LogP contribution < -0.4 is 0 Å². The molecule has 21 heavy (non-hydrogen) atoms. The summed E-state index contributed by atoms with van der Waals surface area (Å²) in [4.78, 5) is 2.83. The maximum absolute atomic E-state index is 2.34. The first-order valence-corrected chi connectivity index (χ1v) is 8.23. The van der Waals surface area contributed by atoms with Gasteiger partial charge >= 0.3 is 0 Å². The van der Waals surface area contributed by atoms with Crippen LogP contribution in [-0.2, 0) is 0 Å². The fourth-order valence-electron chi connectivity index (χ4n) is 2.93. The molecule has 0 saturated carbocycles. The van der Waals surface area contributed by atoms with Crippen LogP contribution in [0.2, 0.25) is 0 Å². The topological polar surface area (TPSA) is 0 Å². The van der Waals surface area contributed by atoms with E-state index in [0.29, 0.717) is 11.8 Å². The van der Waals surface area contributed by atoms with E-state index in [9.17, 15) is 0 Å². The van der Waals surface area contributed by atoms with Crippen molar-refractivity contribution in [1.29, 1.82) is 0 Å². The molecule has 0 amide bonds. The highest BCUT2D eigenvalue weighted by Gasteiger charge is 2.23. The smallest absolute Gasteiger partial charge is 0.0250 e. The molecule has 0 N–H and O–H groups in total. The van der Waals surface area contributed by atoms with Gasteiger partial charge in [-0.2, -0.15) is 0 Å². The number of hydrogen-bond donors (Lipinski definition) is 0. The zero-order valence-corrected chi connectivity index (χ0v) is 13.3. The first-order chi connectivity index (χ1) is 10.3. The van der Waals surface area contributed by atoms with Crippen LogP contribution in [0.15, 0.2) is 72.8 Å². The molecule has 0 aliphatic carbocycles. The fourth-order valence-corrected chi connectivity index (χ4v) is 4.04. The molecular weight excluding hydrogens is 272 g/mol. The lowest BCUT2D eigenvalue weighted by Crippen LogP contribution is -2.08. The van der Waals surface area contributed by atoms with E-state index >= 15 is 0 Å². The summed E-state index contributed by atoms with van der Waals surface area (Å²) in [5.74, 6) is 0.888. The van der Waals surface area contributed by atoms with Gasteiger partial charge in [-0.3, -0.25) is 0 Å². The Balaban J connectivity index is 2.04. The summed E-state index contributed by atoms with van der Waals surface area (Å²) in [6, 6.07) is 26.2. The number of rotatable bonds is 4. The molecule has 3 rings (SSSR count). The minimum absolute atomic E-state index is 0.423. The quantitative estimate of drug-likeness (QED) is 0.554. The van der Waals surface area contributed by atoms with Gasteiger partial charge in [0.05, 0.1) is 0 Å². The van der Waals surface area contributed by atoms with Crippen LogP contribution in [0.25, 0.3) is 0 Å². The van der Waals surface area contributed by atoms with Gasteiger partial charge in [0.1, 0.15) is 0 Å². The summed E-state index contributed by atoms with van der Waals surface area (Å²) in [6.45, 7) is 4.52. The highest BCUT2D eigenvalue weighted by atomic mass is 32.1. The predicted molar refractivity (Wildman–Crippen MR) is 92.2 cm³/mol. The first-order valence-electron chi connectivity index (χ1n) is 7.42. The van der Waals surface area contributed by atoms with Crippen molar-refractivity contribution in [2.45, 2.75) is 25.7 Å². The van der Waals surface area contributed by atoms with Crippen molar-refractivity contribution in [2.24, 2.45) is 0 Å². The van der Waals surface area contributed by atoms with Gasteiger partial charge in [0, 0.05) is 15.7 Å². The Morgan fingerprint density at radius 1 is 0.714 bits per heavy atom. The molecule has 0 aliphatic heterocycles. The summed E-state index contributed by atoms with van der Waals surface area (Å²) < 4.78 is 0. The highest BCUT2D eigenvalue weighted by molar-refractivity contribution is 7.12. The molecule has 0 fully saturated rings. The molecule has 0 spiro atoms. The molecule has 0 nitrogen and oxygen atoms in total. The zero-order chi connectivity index (χ0) is 14.7. The summed E-state index contributed by atoms with van der Waals surface area (Å²) in [5, 5.41) is 0. The number of aryl methyl sites for hydroxylation is 1. The minimum atomic E-state index is 0.423. The Hall–Kier alpha value is -1.86. The van der Waals surface area contributed by atoms with E-state index in [2.05, 4.69) is 86.6 Å². The molecule has 2 atom stereocenters. The van der Waals surface area contributed by atoms with Gasteiger partial charge in [0.25, 0.3) is 0 Å². The molecule has 106 valence electrons. The van der Waals surface area contributed by atoms with Gasteiger partial charge in [-0.05, 0) is 36.1 Å². The average Bonchev–Trinajstić information content (AvgIpc) is 2.95. The van der Waals surface area contributed by atoms with Crippen LogP contribution in [0.3, 0.4) is 0 Å². The molecule has 1 heterocycles. The second kappa shape index (κ2) is 6.28.